The number of esters is 1. The SMILES string of the molecule is COC(=O)C1CCCN1Cc1nc2ccsc2c(=O)[nH]1. The highest BCUT2D eigenvalue weighted by atomic mass is 32.1. The van der Waals surface area contributed by atoms with Crippen LogP contribution in [0.4, 0.5) is 0 Å². The fourth-order valence-electron chi connectivity index (χ4n) is 2.61. The van der Waals surface area contributed by atoms with E-state index in [-0.39, 0.29) is 17.6 Å². The van der Waals surface area contributed by atoms with Crippen LogP contribution in [0, 0.1) is 0 Å². The Balaban J connectivity index is 1.85. The zero-order valence-electron chi connectivity index (χ0n) is 11.1. The molecule has 0 radical (unpaired) electrons. The highest BCUT2D eigenvalue weighted by molar-refractivity contribution is 7.17. The first kappa shape index (κ1) is 13.3. The van der Waals surface area contributed by atoms with Gasteiger partial charge in [0.25, 0.3) is 5.56 Å². The molecule has 3 heterocycles. The molecule has 106 valence electrons. The zero-order chi connectivity index (χ0) is 14.1. The van der Waals surface area contributed by atoms with Crippen molar-refractivity contribution in [2.24, 2.45) is 0 Å². The first-order valence-electron chi connectivity index (χ1n) is 6.47. The standard InChI is InChI=1S/C13H15N3O3S/c1-19-13(18)9-3-2-5-16(9)7-10-14-8-4-6-20-11(8)12(17)15-10/h4,6,9H,2-3,5,7H2,1H3,(H,14,15,17). The van der Waals surface area contributed by atoms with E-state index < -0.39 is 0 Å². The van der Waals surface area contributed by atoms with Gasteiger partial charge in [-0.3, -0.25) is 14.5 Å². The van der Waals surface area contributed by atoms with Gasteiger partial charge in [-0.1, -0.05) is 0 Å². The largest absolute Gasteiger partial charge is 0.468 e. The molecule has 0 saturated carbocycles. The molecule has 2 aromatic rings. The van der Waals surface area contributed by atoms with E-state index in [1.807, 2.05) is 16.3 Å². The van der Waals surface area contributed by atoms with Crippen LogP contribution in [0.25, 0.3) is 10.2 Å². The summed E-state index contributed by atoms with van der Waals surface area (Å²) < 4.78 is 5.45. The van der Waals surface area contributed by atoms with Crippen LogP contribution in [0.2, 0.25) is 0 Å². The van der Waals surface area contributed by atoms with Crippen molar-refractivity contribution in [2.45, 2.75) is 25.4 Å². The average molecular weight is 293 g/mol. The summed E-state index contributed by atoms with van der Waals surface area (Å²) in [6.45, 7) is 1.27. The molecule has 1 aliphatic rings. The van der Waals surface area contributed by atoms with Crippen molar-refractivity contribution >= 4 is 27.5 Å². The first-order valence-corrected chi connectivity index (χ1v) is 7.35. The minimum Gasteiger partial charge on any atom is -0.468 e. The molecule has 1 N–H and O–H groups in total. The number of H-pyrrole nitrogens is 1. The van der Waals surface area contributed by atoms with E-state index in [1.165, 1.54) is 18.4 Å². The Morgan fingerprint density at radius 2 is 2.50 bits per heavy atom. The third kappa shape index (κ3) is 2.34. The molecule has 2 aromatic heterocycles. The van der Waals surface area contributed by atoms with E-state index in [0.717, 1.165) is 19.4 Å². The van der Waals surface area contributed by atoms with E-state index in [4.69, 9.17) is 4.74 Å². The first-order chi connectivity index (χ1) is 9.69. The predicted octanol–water partition coefficient (Wildman–Crippen LogP) is 1.12. The average Bonchev–Trinajstić information content (AvgIpc) is 3.07. The predicted molar refractivity (Wildman–Crippen MR) is 75.7 cm³/mol. The molecule has 1 atom stereocenters. The maximum atomic E-state index is 11.9. The van der Waals surface area contributed by atoms with Crippen molar-refractivity contribution < 1.29 is 9.53 Å². The van der Waals surface area contributed by atoms with Crippen LogP contribution in [-0.4, -0.2) is 40.5 Å². The summed E-state index contributed by atoms with van der Waals surface area (Å²) in [4.78, 5) is 32.8. The Kier molecular flexibility index (Phi) is 3.54. The Bertz CT molecular complexity index is 693. The second kappa shape index (κ2) is 5.34. The van der Waals surface area contributed by atoms with Crippen LogP contribution in [0.5, 0.6) is 0 Å². The van der Waals surface area contributed by atoms with Gasteiger partial charge in [-0.05, 0) is 30.8 Å². The van der Waals surface area contributed by atoms with Gasteiger partial charge in [0.05, 0.1) is 19.2 Å². The Morgan fingerprint density at radius 3 is 3.30 bits per heavy atom. The molecule has 1 aliphatic heterocycles. The van der Waals surface area contributed by atoms with Gasteiger partial charge in [0.1, 0.15) is 16.6 Å². The van der Waals surface area contributed by atoms with Gasteiger partial charge in [-0.15, -0.1) is 11.3 Å². The van der Waals surface area contributed by atoms with Crippen LogP contribution in [0.15, 0.2) is 16.2 Å². The quantitative estimate of drug-likeness (QED) is 0.858. The lowest BCUT2D eigenvalue weighted by Gasteiger charge is -2.21. The fraction of sp³-hybridized carbons (Fsp3) is 0.462. The lowest BCUT2D eigenvalue weighted by molar-refractivity contribution is -0.146. The summed E-state index contributed by atoms with van der Waals surface area (Å²) >= 11 is 1.38. The summed E-state index contributed by atoms with van der Waals surface area (Å²) in [5.74, 6) is 0.373. The number of methoxy groups -OCH3 is 1. The van der Waals surface area contributed by atoms with Crippen molar-refractivity contribution in [3.05, 3.63) is 27.6 Å². The summed E-state index contributed by atoms with van der Waals surface area (Å²) in [7, 11) is 1.40. The van der Waals surface area contributed by atoms with Crippen LogP contribution < -0.4 is 5.56 Å². The number of nitrogens with zero attached hydrogens (tertiary/aromatic N) is 2. The van der Waals surface area contributed by atoms with E-state index in [1.54, 1.807) is 0 Å². The molecule has 6 nitrogen and oxygen atoms in total. The molecule has 0 bridgehead atoms. The van der Waals surface area contributed by atoms with Crippen molar-refractivity contribution in [2.75, 3.05) is 13.7 Å². The molecular weight excluding hydrogens is 278 g/mol. The fourth-order valence-corrected chi connectivity index (χ4v) is 3.33. The van der Waals surface area contributed by atoms with Crippen molar-refractivity contribution in [1.29, 1.82) is 0 Å². The van der Waals surface area contributed by atoms with Crippen LogP contribution in [0.1, 0.15) is 18.7 Å². The number of hydrogen-bond acceptors (Lipinski definition) is 6. The summed E-state index contributed by atoms with van der Waals surface area (Å²) in [5.41, 5.74) is 0.594. The Hall–Kier alpha value is -1.73. The number of nitrogens with one attached hydrogen (secondary N) is 1. The highest BCUT2D eigenvalue weighted by Gasteiger charge is 2.31. The Morgan fingerprint density at radius 1 is 1.65 bits per heavy atom. The van der Waals surface area contributed by atoms with E-state index in [0.29, 0.717) is 22.6 Å². The number of carbonyl (C=O) groups excluding carboxylic acids is 1. The van der Waals surface area contributed by atoms with E-state index in [2.05, 4.69) is 9.97 Å². The smallest absolute Gasteiger partial charge is 0.323 e. The maximum Gasteiger partial charge on any atom is 0.323 e. The van der Waals surface area contributed by atoms with Gasteiger partial charge in [0.15, 0.2) is 0 Å². The lowest BCUT2D eigenvalue weighted by atomic mass is 10.2. The molecule has 0 amide bonds. The van der Waals surface area contributed by atoms with E-state index >= 15 is 0 Å². The number of rotatable bonds is 3. The lowest BCUT2D eigenvalue weighted by Crippen LogP contribution is -2.37. The van der Waals surface area contributed by atoms with Gasteiger partial charge in [-0.2, -0.15) is 0 Å². The molecule has 20 heavy (non-hydrogen) atoms. The van der Waals surface area contributed by atoms with Gasteiger partial charge >= 0.3 is 5.97 Å². The second-order valence-corrected chi connectivity index (χ2v) is 5.72. The van der Waals surface area contributed by atoms with Crippen LogP contribution in [0.3, 0.4) is 0 Å². The summed E-state index contributed by atoms with van der Waals surface area (Å²) in [6, 6.07) is 1.60. The van der Waals surface area contributed by atoms with Crippen molar-refractivity contribution in [1.82, 2.24) is 14.9 Å². The molecule has 0 spiro atoms. The highest BCUT2D eigenvalue weighted by Crippen LogP contribution is 2.21. The molecule has 1 fully saturated rings. The van der Waals surface area contributed by atoms with Gasteiger partial charge in [-0.25, -0.2) is 4.98 Å². The topological polar surface area (TPSA) is 75.3 Å². The molecule has 1 saturated heterocycles. The number of ether oxygens (including phenoxy) is 1. The normalized spacial score (nSPS) is 19.6. The van der Waals surface area contributed by atoms with Crippen molar-refractivity contribution in [3.8, 4) is 0 Å². The van der Waals surface area contributed by atoms with Crippen LogP contribution >= 0.6 is 11.3 Å². The molecule has 7 heteroatoms. The van der Waals surface area contributed by atoms with Gasteiger partial charge < -0.3 is 9.72 Å². The number of hydrogen-bond donors (Lipinski definition) is 1. The number of carbonyl (C=O) groups is 1. The number of thiophene rings is 1. The minimum atomic E-state index is -0.233. The van der Waals surface area contributed by atoms with E-state index in [9.17, 15) is 9.59 Å². The van der Waals surface area contributed by atoms with Gasteiger partial charge in [0.2, 0.25) is 0 Å². The molecule has 0 aromatic carbocycles. The van der Waals surface area contributed by atoms with Gasteiger partial charge in [0, 0.05) is 0 Å². The molecule has 3 rings (SSSR count). The number of aromatic nitrogens is 2. The zero-order valence-corrected chi connectivity index (χ0v) is 11.9. The molecule has 0 aliphatic carbocycles. The number of aromatic amines is 1. The second-order valence-electron chi connectivity index (χ2n) is 4.80. The number of likely N-dealkylation sites (tertiary alicyclic amines) is 1. The summed E-state index contributed by atoms with van der Waals surface area (Å²) in [5, 5.41) is 1.85. The maximum absolute atomic E-state index is 11.9. The third-order valence-electron chi connectivity index (χ3n) is 3.55. The molecule has 1 unspecified atom stereocenters. The minimum absolute atomic E-state index is 0.117. The summed E-state index contributed by atoms with van der Waals surface area (Å²) in [6.07, 6.45) is 1.74. The van der Waals surface area contributed by atoms with Crippen LogP contribution in [-0.2, 0) is 16.1 Å². The van der Waals surface area contributed by atoms with Crippen molar-refractivity contribution in [3.63, 3.8) is 0 Å². The monoisotopic (exact) mass is 293 g/mol. The molecular formula is C13H15N3O3S. The third-order valence-corrected chi connectivity index (χ3v) is 4.46. The number of fused-ring (bicyclic) bond motifs is 1. The Labute approximate surface area is 119 Å².